The monoisotopic (exact) mass is 270 g/mol. The second kappa shape index (κ2) is 6.82. The van der Waals surface area contributed by atoms with Crippen LogP contribution in [-0.2, 0) is 0 Å². The van der Waals surface area contributed by atoms with Crippen molar-refractivity contribution in [1.82, 2.24) is 5.32 Å². The highest BCUT2D eigenvalue weighted by molar-refractivity contribution is 7.80. The number of benzene rings is 1. The molecule has 0 bridgehead atoms. The second-order valence-corrected chi connectivity index (χ2v) is 5.29. The Bertz CT molecular complexity index is 391. The zero-order valence-electron chi connectivity index (χ0n) is 10.5. The van der Waals surface area contributed by atoms with Gasteiger partial charge in [-0.05, 0) is 49.2 Å². The third-order valence-electron chi connectivity index (χ3n) is 2.52. The lowest BCUT2D eigenvalue weighted by atomic mass is 10.1. The lowest BCUT2D eigenvalue weighted by molar-refractivity contribution is 0.579. The summed E-state index contributed by atoms with van der Waals surface area (Å²) in [5, 5.41) is 7.75. The molecule has 0 aliphatic heterocycles. The van der Waals surface area contributed by atoms with Crippen LogP contribution >= 0.6 is 23.8 Å². The number of hydrogen-bond acceptors (Lipinski definition) is 1. The van der Waals surface area contributed by atoms with Gasteiger partial charge in [0.25, 0.3) is 0 Å². The third kappa shape index (κ3) is 4.92. The summed E-state index contributed by atoms with van der Waals surface area (Å²) in [5.74, 6) is 0.679. The minimum Gasteiger partial charge on any atom is -0.362 e. The molecule has 4 heteroatoms. The van der Waals surface area contributed by atoms with Crippen LogP contribution in [0.1, 0.15) is 25.8 Å². The minimum atomic E-state index is 0.649. The molecule has 0 amide bonds. The van der Waals surface area contributed by atoms with Crippen molar-refractivity contribution >= 4 is 34.6 Å². The Hall–Kier alpha value is -0.800. The van der Waals surface area contributed by atoms with E-state index in [0.717, 1.165) is 29.2 Å². The molecule has 1 aromatic rings. The maximum absolute atomic E-state index is 6.04. The SMILES string of the molecule is Cc1c(Cl)cccc1NC(=S)NCCC(C)C. The van der Waals surface area contributed by atoms with E-state index in [1.54, 1.807) is 0 Å². The molecule has 0 atom stereocenters. The van der Waals surface area contributed by atoms with Gasteiger partial charge in [0.2, 0.25) is 0 Å². The van der Waals surface area contributed by atoms with Gasteiger partial charge in [0.05, 0.1) is 0 Å². The zero-order chi connectivity index (χ0) is 12.8. The van der Waals surface area contributed by atoms with E-state index in [4.69, 9.17) is 23.8 Å². The first-order valence-corrected chi connectivity index (χ1v) is 6.59. The number of halogens is 1. The van der Waals surface area contributed by atoms with Crippen LogP contribution in [0.5, 0.6) is 0 Å². The molecule has 0 aliphatic rings. The average Bonchev–Trinajstić information content (AvgIpc) is 2.24. The molecule has 0 fully saturated rings. The largest absolute Gasteiger partial charge is 0.362 e. The Morgan fingerprint density at radius 1 is 1.41 bits per heavy atom. The Labute approximate surface area is 114 Å². The predicted molar refractivity (Wildman–Crippen MR) is 79.9 cm³/mol. The fourth-order valence-electron chi connectivity index (χ4n) is 1.38. The van der Waals surface area contributed by atoms with E-state index in [-0.39, 0.29) is 0 Å². The zero-order valence-corrected chi connectivity index (χ0v) is 12.1. The van der Waals surface area contributed by atoms with Crippen molar-refractivity contribution in [2.75, 3.05) is 11.9 Å². The van der Waals surface area contributed by atoms with E-state index in [1.165, 1.54) is 0 Å². The highest BCUT2D eigenvalue weighted by atomic mass is 35.5. The minimum absolute atomic E-state index is 0.649. The average molecular weight is 271 g/mol. The first kappa shape index (κ1) is 14.3. The van der Waals surface area contributed by atoms with Crippen molar-refractivity contribution in [2.45, 2.75) is 27.2 Å². The number of anilines is 1. The van der Waals surface area contributed by atoms with Gasteiger partial charge in [-0.3, -0.25) is 0 Å². The van der Waals surface area contributed by atoms with Crippen LogP contribution in [0.2, 0.25) is 5.02 Å². The molecular weight excluding hydrogens is 252 g/mol. The summed E-state index contributed by atoms with van der Waals surface area (Å²) in [5.41, 5.74) is 1.97. The summed E-state index contributed by atoms with van der Waals surface area (Å²) in [6, 6.07) is 5.75. The molecule has 0 heterocycles. The smallest absolute Gasteiger partial charge is 0.170 e. The van der Waals surface area contributed by atoms with E-state index in [2.05, 4.69) is 24.5 Å². The highest BCUT2D eigenvalue weighted by Crippen LogP contribution is 2.22. The summed E-state index contributed by atoms with van der Waals surface area (Å²) in [7, 11) is 0. The standard InChI is InChI=1S/C13H19ClN2S/c1-9(2)7-8-15-13(17)16-12-6-4-5-11(14)10(12)3/h4-6,9H,7-8H2,1-3H3,(H2,15,16,17). The maximum Gasteiger partial charge on any atom is 0.170 e. The molecule has 94 valence electrons. The van der Waals surface area contributed by atoms with Crippen LogP contribution in [0.3, 0.4) is 0 Å². The summed E-state index contributed by atoms with van der Waals surface area (Å²) in [4.78, 5) is 0. The van der Waals surface area contributed by atoms with Gasteiger partial charge in [0.15, 0.2) is 5.11 Å². The first-order chi connectivity index (χ1) is 8.00. The maximum atomic E-state index is 6.04. The van der Waals surface area contributed by atoms with Crippen molar-refractivity contribution < 1.29 is 0 Å². The van der Waals surface area contributed by atoms with Crippen molar-refractivity contribution in [3.05, 3.63) is 28.8 Å². The van der Waals surface area contributed by atoms with Crippen molar-refractivity contribution in [2.24, 2.45) is 5.92 Å². The van der Waals surface area contributed by atoms with Crippen LogP contribution in [0, 0.1) is 12.8 Å². The molecule has 2 nitrogen and oxygen atoms in total. The van der Waals surface area contributed by atoms with Crippen molar-refractivity contribution in [3.63, 3.8) is 0 Å². The lowest BCUT2D eigenvalue weighted by Crippen LogP contribution is -2.30. The van der Waals surface area contributed by atoms with Gasteiger partial charge in [0.1, 0.15) is 0 Å². The van der Waals surface area contributed by atoms with Gasteiger partial charge >= 0.3 is 0 Å². The molecule has 0 aliphatic carbocycles. The molecule has 1 rings (SSSR count). The van der Waals surface area contributed by atoms with E-state index in [9.17, 15) is 0 Å². The van der Waals surface area contributed by atoms with Crippen molar-refractivity contribution in [1.29, 1.82) is 0 Å². The van der Waals surface area contributed by atoms with Gasteiger partial charge in [-0.2, -0.15) is 0 Å². The molecule has 0 aromatic heterocycles. The van der Waals surface area contributed by atoms with Crippen molar-refractivity contribution in [3.8, 4) is 0 Å². The van der Waals surface area contributed by atoms with Crippen LogP contribution < -0.4 is 10.6 Å². The normalized spacial score (nSPS) is 10.4. The van der Waals surface area contributed by atoms with E-state index in [0.29, 0.717) is 11.0 Å². The van der Waals surface area contributed by atoms with Gasteiger partial charge in [-0.1, -0.05) is 31.5 Å². The highest BCUT2D eigenvalue weighted by Gasteiger charge is 2.03. The summed E-state index contributed by atoms with van der Waals surface area (Å²) in [6.07, 6.45) is 1.11. The molecule has 0 unspecified atom stereocenters. The van der Waals surface area contributed by atoms with Crippen LogP contribution in [0.25, 0.3) is 0 Å². The van der Waals surface area contributed by atoms with Gasteiger partial charge in [-0.15, -0.1) is 0 Å². The summed E-state index contributed by atoms with van der Waals surface area (Å²) in [6.45, 7) is 7.25. The van der Waals surface area contributed by atoms with E-state index in [1.807, 2.05) is 25.1 Å². The fourth-order valence-corrected chi connectivity index (χ4v) is 1.77. The Morgan fingerprint density at radius 3 is 2.76 bits per heavy atom. The number of hydrogen-bond donors (Lipinski definition) is 2. The second-order valence-electron chi connectivity index (χ2n) is 4.48. The molecule has 0 saturated carbocycles. The topological polar surface area (TPSA) is 24.1 Å². The van der Waals surface area contributed by atoms with Crippen LogP contribution in [0.4, 0.5) is 5.69 Å². The lowest BCUT2D eigenvalue weighted by Gasteiger charge is -2.13. The van der Waals surface area contributed by atoms with E-state index >= 15 is 0 Å². The van der Waals surface area contributed by atoms with Gasteiger partial charge in [0, 0.05) is 17.3 Å². The van der Waals surface area contributed by atoms with Gasteiger partial charge < -0.3 is 10.6 Å². The molecule has 0 saturated heterocycles. The summed E-state index contributed by atoms with van der Waals surface area (Å²) < 4.78 is 0. The number of thiocarbonyl (C=S) groups is 1. The van der Waals surface area contributed by atoms with Crippen LogP contribution in [-0.4, -0.2) is 11.7 Å². The number of rotatable bonds is 4. The summed E-state index contributed by atoms with van der Waals surface area (Å²) >= 11 is 11.3. The molecule has 0 spiro atoms. The molecule has 1 aromatic carbocycles. The number of nitrogens with one attached hydrogen (secondary N) is 2. The van der Waals surface area contributed by atoms with Gasteiger partial charge in [-0.25, -0.2) is 0 Å². The Kier molecular flexibility index (Phi) is 5.72. The van der Waals surface area contributed by atoms with Crippen LogP contribution in [0.15, 0.2) is 18.2 Å². The van der Waals surface area contributed by atoms with E-state index < -0.39 is 0 Å². The molecule has 0 radical (unpaired) electrons. The Morgan fingerprint density at radius 2 is 2.12 bits per heavy atom. The molecule has 17 heavy (non-hydrogen) atoms. The third-order valence-corrected chi connectivity index (χ3v) is 3.18. The fraction of sp³-hybridized carbons (Fsp3) is 0.462. The Balaban J connectivity index is 2.48. The molecular formula is C13H19ClN2S. The molecule has 2 N–H and O–H groups in total. The predicted octanol–water partition coefficient (Wildman–Crippen LogP) is 3.98. The first-order valence-electron chi connectivity index (χ1n) is 5.80. The quantitative estimate of drug-likeness (QED) is 0.810.